The van der Waals surface area contributed by atoms with Gasteiger partial charge in [0.05, 0.1) is 0 Å². The van der Waals surface area contributed by atoms with Gasteiger partial charge in [-0.25, -0.2) is 0 Å². The monoisotopic (exact) mass is 653 g/mol. The Kier molecular flexibility index (Phi) is 10.7. The molecule has 0 spiro atoms. The molecule has 244 valence electrons. The number of hydrogen-bond acceptors (Lipinski definition) is 0. The molecule has 0 aromatic heterocycles. The van der Waals surface area contributed by atoms with E-state index in [1.165, 1.54) is 60.6 Å². The van der Waals surface area contributed by atoms with Gasteiger partial charge in [-0.3, -0.25) is 0 Å². The molecule has 49 heavy (non-hydrogen) atoms. The van der Waals surface area contributed by atoms with Crippen LogP contribution in [0, 0.1) is 20.8 Å². The first-order valence-electron chi connectivity index (χ1n) is 17.6. The van der Waals surface area contributed by atoms with Gasteiger partial charge in [0.15, 0.2) is 0 Å². The Labute approximate surface area is 294 Å². The summed E-state index contributed by atoms with van der Waals surface area (Å²) < 4.78 is 0. The fraction of sp³-hybridized carbons (Fsp3) is 0.106. The average Bonchev–Trinajstić information content (AvgIpc) is 3.15. The van der Waals surface area contributed by atoms with Crippen molar-refractivity contribution < 1.29 is 0 Å². The Hall–Kier alpha value is -4.97. The third-order valence-corrected chi connectivity index (χ3v) is 15.2. The summed E-state index contributed by atoms with van der Waals surface area (Å²) in [4.78, 5) is 0. The zero-order valence-corrected chi connectivity index (χ0v) is 30.3. The SMILES string of the molecule is CC[PH](c1cccc(C)c1)(c1cccc(C)c1)c1cccc(C)c1.c1ccc([B-](c2ccccc2)(c2ccccc2)c2ccccc2)cc1. The molecule has 7 aromatic rings. The van der Waals surface area contributed by atoms with E-state index >= 15 is 0 Å². The van der Waals surface area contributed by atoms with E-state index in [0.717, 1.165) is 0 Å². The maximum atomic E-state index is 2.40. The second kappa shape index (κ2) is 15.5. The van der Waals surface area contributed by atoms with Crippen LogP contribution in [0.1, 0.15) is 23.6 Å². The Morgan fingerprint density at radius 3 is 0.837 bits per heavy atom. The first-order chi connectivity index (χ1) is 24.0. The van der Waals surface area contributed by atoms with Gasteiger partial charge in [0.2, 0.25) is 0 Å². The summed E-state index contributed by atoms with van der Waals surface area (Å²) in [6.45, 7) is 8.96. The average molecular weight is 654 g/mol. The van der Waals surface area contributed by atoms with Gasteiger partial charge in [-0.2, -0.15) is 21.9 Å². The Morgan fingerprint density at radius 2 is 0.612 bits per heavy atom. The Bertz CT molecular complexity index is 1800. The van der Waals surface area contributed by atoms with Crippen molar-refractivity contribution in [1.29, 1.82) is 0 Å². The molecule has 0 fully saturated rings. The van der Waals surface area contributed by atoms with Gasteiger partial charge in [0.1, 0.15) is 6.15 Å². The summed E-state index contributed by atoms with van der Waals surface area (Å²) in [7, 11) is -1.99. The fourth-order valence-electron chi connectivity index (χ4n) is 7.97. The third kappa shape index (κ3) is 6.96. The zero-order valence-electron chi connectivity index (χ0n) is 29.3. The van der Waals surface area contributed by atoms with Crippen LogP contribution >= 0.6 is 7.26 Å². The minimum atomic E-state index is -1.99. The van der Waals surface area contributed by atoms with Crippen LogP contribution < -0.4 is 37.8 Å². The molecule has 0 aliphatic rings. The minimum absolute atomic E-state index is 1.17. The van der Waals surface area contributed by atoms with E-state index in [2.05, 4.69) is 222 Å². The predicted molar refractivity (Wildman–Crippen MR) is 221 cm³/mol. The maximum absolute atomic E-state index is 2.40. The van der Waals surface area contributed by atoms with Gasteiger partial charge in [0, 0.05) is 0 Å². The van der Waals surface area contributed by atoms with Crippen molar-refractivity contribution in [3.05, 3.63) is 211 Å². The predicted octanol–water partition coefficient (Wildman–Crippen LogP) is 7.72. The quantitative estimate of drug-likeness (QED) is 0.116. The molecule has 0 N–H and O–H groups in total. The van der Waals surface area contributed by atoms with Gasteiger partial charge in [-0.1, -0.05) is 121 Å². The van der Waals surface area contributed by atoms with E-state index in [0.29, 0.717) is 0 Å². The maximum Gasteiger partial charge on any atom is 0.108 e. The molecule has 0 saturated carbocycles. The van der Waals surface area contributed by atoms with Crippen molar-refractivity contribution in [2.45, 2.75) is 27.7 Å². The molecule has 0 nitrogen and oxygen atoms in total. The van der Waals surface area contributed by atoms with Crippen molar-refractivity contribution in [2.75, 3.05) is 6.16 Å². The van der Waals surface area contributed by atoms with Crippen LogP contribution in [0.4, 0.5) is 0 Å². The molecule has 0 saturated heterocycles. The van der Waals surface area contributed by atoms with E-state index < -0.39 is 13.4 Å². The number of rotatable bonds is 8. The molecule has 0 aliphatic heterocycles. The fourth-order valence-corrected chi connectivity index (χ4v) is 12.8. The molecule has 2 heteroatoms. The summed E-state index contributed by atoms with van der Waals surface area (Å²) in [6.07, 6.45) is -0.0456. The summed E-state index contributed by atoms with van der Waals surface area (Å²) in [5.74, 6) is 0. The van der Waals surface area contributed by atoms with Crippen LogP contribution in [-0.4, -0.2) is 12.3 Å². The van der Waals surface area contributed by atoms with E-state index in [1.807, 2.05) is 0 Å². The van der Waals surface area contributed by atoms with Crippen molar-refractivity contribution in [1.82, 2.24) is 0 Å². The Balaban J connectivity index is 0.000000170. The normalized spacial score (nSPS) is 11.7. The first-order valence-corrected chi connectivity index (χ1v) is 19.8. The van der Waals surface area contributed by atoms with Crippen molar-refractivity contribution in [2.24, 2.45) is 0 Å². The number of hydrogen-bond donors (Lipinski definition) is 0. The summed E-state index contributed by atoms with van der Waals surface area (Å²) in [6, 6.07) is 71.0. The molecule has 0 aliphatic carbocycles. The summed E-state index contributed by atoms with van der Waals surface area (Å²) >= 11 is 0. The first kappa shape index (κ1) is 33.9. The molecular weight excluding hydrogens is 606 g/mol. The standard InChI is InChI=1S/C24H20B.C23H27P/c1-5-13-21(14-6-1)25(22-15-7-2-8-16-22,23-17-9-3-10-18-23)24-19-11-4-12-20-24;1-5-24(21-12-6-9-18(2)15-21,22-13-7-10-19(3)16-22)23-14-8-11-20(4)17-23/h1-20H;6-17,24H,5H2,1-4H3/q-1;. The van der Waals surface area contributed by atoms with E-state index in [9.17, 15) is 0 Å². The van der Waals surface area contributed by atoms with Gasteiger partial charge >= 0.3 is 147 Å². The zero-order chi connectivity index (χ0) is 34.1. The van der Waals surface area contributed by atoms with Crippen molar-refractivity contribution in [3.8, 4) is 0 Å². The summed E-state index contributed by atoms with van der Waals surface area (Å²) in [5, 5.41) is 4.54. The molecule has 7 rings (SSSR count). The van der Waals surface area contributed by atoms with Gasteiger partial charge in [-0.15, -0.1) is 0 Å². The van der Waals surface area contributed by atoms with Crippen LogP contribution in [0.15, 0.2) is 194 Å². The van der Waals surface area contributed by atoms with Crippen LogP contribution in [0.3, 0.4) is 0 Å². The van der Waals surface area contributed by atoms with Crippen LogP contribution in [0.2, 0.25) is 0 Å². The molecule has 7 aromatic carbocycles. The van der Waals surface area contributed by atoms with E-state index in [1.54, 1.807) is 0 Å². The van der Waals surface area contributed by atoms with Gasteiger partial charge in [0.25, 0.3) is 0 Å². The largest absolute Gasteiger partial charge is 0.195 e. The molecule has 0 heterocycles. The molecule has 0 bridgehead atoms. The number of benzene rings is 7. The van der Waals surface area contributed by atoms with Gasteiger partial charge < -0.3 is 0 Å². The van der Waals surface area contributed by atoms with Crippen LogP contribution in [-0.2, 0) is 0 Å². The Morgan fingerprint density at radius 1 is 0.347 bits per heavy atom. The topological polar surface area (TPSA) is 0 Å². The van der Waals surface area contributed by atoms with Crippen LogP contribution in [0.5, 0.6) is 0 Å². The number of aryl methyl sites for hydroxylation is 3. The second-order valence-electron chi connectivity index (χ2n) is 13.4. The molecule has 0 radical (unpaired) electrons. The van der Waals surface area contributed by atoms with Gasteiger partial charge in [-0.05, 0) is 0 Å². The van der Waals surface area contributed by atoms with Crippen molar-refractivity contribution in [3.63, 3.8) is 0 Å². The molecule has 0 unspecified atom stereocenters. The molecular formula is C47H47BP-. The van der Waals surface area contributed by atoms with Crippen molar-refractivity contribution >= 4 is 51.2 Å². The molecule has 0 atom stereocenters. The smallest absolute Gasteiger partial charge is 0.108 e. The van der Waals surface area contributed by atoms with E-state index in [-0.39, 0.29) is 0 Å². The third-order valence-electron chi connectivity index (χ3n) is 10.3. The minimum Gasteiger partial charge on any atom is -0.195 e. The van der Waals surface area contributed by atoms with Crippen LogP contribution in [0.25, 0.3) is 0 Å². The molecule has 0 amide bonds. The summed E-state index contributed by atoms with van der Waals surface area (Å²) in [5.41, 5.74) is 9.39. The van der Waals surface area contributed by atoms with E-state index in [4.69, 9.17) is 0 Å². The second-order valence-corrected chi connectivity index (χ2v) is 17.6.